The van der Waals surface area contributed by atoms with Crippen molar-refractivity contribution in [1.29, 1.82) is 0 Å². The van der Waals surface area contributed by atoms with E-state index in [1.807, 2.05) is 17.5 Å². The van der Waals surface area contributed by atoms with Gasteiger partial charge in [-0.25, -0.2) is 0 Å². The van der Waals surface area contributed by atoms with Gasteiger partial charge in [-0.2, -0.15) is 0 Å². The summed E-state index contributed by atoms with van der Waals surface area (Å²) in [6.45, 7) is 2.41. The first-order chi connectivity index (χ1) is 12.3. The third kappa shape index (κ3) is 3.25. The van der Waals surface area contributed by atoms with Gasteiger partial charge in [-0.05, 0) is 41.1 Å². The topological polar surface area (TPSA) is 60.6 Å². The molecule has 0 fully saturated rings. The summed E-state index contributed by atoms with van der Waals surface area (Å²) < 4.78 is 16.6. The standard InChI is InChI=1S/C18H19N3O3S/c1-22-14-8-12-5-6-21(10-13(12)9-15(14)23-2)11-17-19-20-18(24-17)16-4-3-7-25-16/h3-4,7-9H,5-6,10-11H2,1-2H3. The predicted molar refractivity (Wildman–Crippen MR) is 95.0 cm³/mol. The number of benzene rings is 1. The number of hydrogen-bond acceptors (Lipinski definition) is 7. The van der Waals surface area contributed by atoms with E-state index in [1.165, 1.54) is 11.1 Å². The first-order valence-corrected chi connectivity index (χ1v) is 8.97. The highest BCUT2D eigenvalue weighted by molar-refractivity contribution is 7.13. The van der Waals surface area contributed by atoms with Crippen LogP contribution in [-0.2, 0) is 19.5 Å². The molecule has 0 amide bonds. The fourth-order valence-corrected chi connectivity index (χ4v) is 3.73. The Balaban J connectivity index is 1.49. The minimum Gasteiger partial charge on any atom is -0.493 e. The quantitative estimate of drug-likeness (QED) is 0.698. The van der Waals surface area contributed by atoms with Crippen LogP contribution in [0, 0.1) is 0 Å². The van der Waals surface area contributed by atoms with E-state index in [0.717, 1.165) is 35.9 Å². The van der Waals surface area contributed by atoms with Gasteiger partial charge in [0.15, 0.2) is 11.5 Å². The minimum absolute atomic E-state index is 0.591. The molecule has 3 aromatic rings. The molecule has 0 spiro atoms. The van der Waals surface area contributed by atoms with Gasteiger partial charge < -0.3 is 13.9 Å². The molecular weight excluding hydrogens is 338 g/mol. The first-order valence-electron chi connectivity index (χ1n) is 8.09. The van der Waals surface area contributed by atoms with Gasteiger partial charge >= 0.3 is 0 Å². The summed E-state index contributed by atoms with van der Waals surface area (Å²) in [6.07, 6.45) is 0.960. The highest BCUT2D eigenvalue weighted by Crippen LogP contribution is 2.33. The molecule has 0 saturated heterocycles. The Bertz CT molecular complexity index is 861. The molecule has 1 aliphatic heterocycles. The number of rotatable bonds is 5. The van der Waals surface area contributed by atoms with E-state index in [0.29, 0.717) is 18.3 Å². The fourth-order valence-electron chi connectivity index (χ4n) is 3.09. The van der Waals surface area contributed by atoms with Crippen LogP contribution in [0.2, 0.25) is 0 Å². The zero-order valence-electron chi connectivity index (χ0n) is 14.2. The SMILES string of the molecule is COc1cc2c(cc1OC)CN(Cc1nnc(-c3cccs3)o1)CC2. The minimum atomic E-state index is 0.591. The van der Waals surface area contributed by atoms with Gasteiger partial charge in [0.2, 0.25) is 5.89 Å². The smallest absolute Gasteiger partial charge is 0.257 e. The van der Waals surface area contributed by atoms with Crippen molar-refractivity contribution in [3.05, 3.63) is 46.7 Å². The molecule has 1 aromatic carbocycles. The lowest BCUT2D eigenvalue weighted by Crippen LogP contribution is -2.30. The van der Waals surface area contributed by atoms with Crippen LogP contribution in [0.4, 0.5) is 0 Å². The molecule has 0 unspecified atom stereocenters. The number of nitrogens with zero attached hydrogens (tertiary/aromatic N) is 3. The highest BCUT2D eigenvalue weighted by Gasteiger charge is 2.21. The van der Waals surface area contributed by atoms with E-state index in [1.54, 1.807) is 25.6 Å². The molecule has 130 valence electrons. The number of hydrogen-bond donors (Lipinski definition) is 0. The lowest BCUT2D eigenvalue weighted by molar-refractivity contribution is 0.221. The molecule has 0 radical (unpaired) electrons. The molecule has 6 nitrogen and oxygen atoms in total. The molecule has 3 heterocycles. The molecule has 2 aromatic heterocycles. The number of ether oxygens (including phenoxy) is 2. The molecular formula is C18H19N3O3S. The average Bonchev–Trinajstić information content (AvgIpc) is 3.32. The number of methoxy groups -OCH3 is 2. The van der Waals surface area contributed by atoms with E-state index in [2.05, 4.69) is 27.2 Å². The van der Waals surface area contributed by atoms with Gasteiger partial charge in [0, 0.05) is 13.1 Å². The lowest BCUT2D eigenvalue weighted by atomic mass is 9.99. The van der Waals surface area contributed by atoms with Gasteiger partial charge in [-0.1, -0.05) is 6.07 Å². The predicted octanol–water partition coefficient (Wildman–Crippen LogP) is 3.37. The molecule has 25 heavy (non-hydrogen) atoms. The molecule has 0 bridgehead atoms. The zero-order valence-corrected chi connectivity index (χ0v) is 15.0. The summed E-state index contributed by atoms with van der Waals surface area (Å²) in [5.74, 6) is 2.79. The third-order valence-electron chi connectivity index (χ3n) is 4.35. The normalized spacial score (nSPS) is 14.3. The van der Waals surface area contributed by atoms with E-state index < -0.39 is 0 Å². The highest BCUT2D eigenvalue weighted by atomic mass is 32.1. The summed E-state index contributed by atoms with van der Waals surface area (Å²) in [4.78, 5) is 3.31. The maximum atomic E-state index is 5.80. The summed E-state index contributed by atoms with van der Waals surface area (Å²) in [6, 6.07) is 8.10. The Morgan fingerprint density at radius 2 is 1.96 bits per heavy atom. The Morgan fingerprint density at radius 1 is 1.16 bits per heavy atom. The Morgan fingerprint density at radius 3 is 2.68 bits per heavy atom. The van der Waals surface area contributed by atoms with Crippen LogP contribution < -0.4 is 9.47 Å². The zero-order chi connectivity index (χ0) is 17.2. The maximum absolute atomic E-state index is 5.80. The molecule has 0 atom stereocenters. The van der Waals surface area contributed by atoms with Crippen molar-refractivity contribution in [3.8, 4) is 22.3 Å². The third-order valence-corrected chi connectivity index (χ3v) is 5.21. The summed E-state index contributed by atoms with van der Waals surface area (Å²) in [7, 11) is 3.33. The van der Waals surface area contributed by atoms with E-state index in [-0.39, 0.29) is 0 Å². The van der Waals surface area contributed by atoms with E-state index >= 15 is 0 Å². The van der Waals surface area contributed by atoms with Crippen LogP contribution in [0.1, 0.15) is 17.0 Å². The Kier molecular flexibility index (Phi) is 4.42. The monoisotopic (exact) mass is 357 g/mol. The van der Waals surface area contributed by atoms with E-state index in [4.69, 9.17) is 13.9 Å². The van der Waals surface area contributed by atoms with E-state index in [9.17, 15) is 0 Å². The van der Waals surface area contributed by atoms with Crippen molar-refractivity contribution in [2.24, 2.45) is 0 Å². The van der Waals surface area contributed by atoms with Gasteiger partial charge in [0.1, 0.15) is 0 Å². The van der Waals surface area contributed by atoms with Gasteiger partial charge in [-0.15, -0.1) is 21.5 Å². The molecule has 0 saturated carbocycles. The Hall–Kier alpha value is -2.38. The van der Waals surface area contributed by atoms with Crippen molar-refractivity contribution in [2.45, 2.75) is 19.5 Å². The molecule has 4 rings (SSSR count). The number of thiophene rings is 1. The number of aromatic nitrogens is 2. The van der Waals surface area contributed by atoms with Crippen LogP contribution in [0.15, 0.2) is 34.1 Å². The Labute approximate surface area is 150 Å². The van der Waals surface area contributed by atoms with Crippen molar-refractivity contribution in [3.63, 3.8) is 0 Å². The van der Waals surface area contributed by atoms with Crippen LogP contribution in [-0.4, -0.2) is 35.9 Å². The molecule has 1 aliphatic rings. The summed E-state index contributed by atoms with van der Waals surface area (Å²) in [5, 5.41) is 10.3. The van der Waals surface area contributed by atoms with Gasteiger partial charge in [0.05, 0.1) is 25.6 Å². The van der Waals surface area contributed by atoms with Gasteiger partial charge in [0.25, 0.3) is 5.89 Å². The van der Waals surface area contributed by atoms with Crippen LogP contribution in [0.3, 0.4) is 0 Å². The summed E-state index contributed by atoms with van der Waals surface area (Å²) in [5.41, 5.74) is 2.56. The van der Waals surface area contributed by atoms with Crippen LogP contribution in [0.5, 0.6) is 11.5 Å². The second-order valence-electron chi connectivity index (χ2n) is 5.91. The molecule has 0 aliphatic carbocycles. The van der Waals surface area contributed by atoms with Crippen molar-refractivity contribution >= 4 is 11.3 Å². The maximum Gasteiger partial charge on any atom is 0.257 e. The second kappa shape index (κ2) is 6.85. The van der Waals surface area contributed by atoms with Crippen LogP contribution in [0.25, 0.3) is 10.8 Å². The van der Waals surface area contributed by atoms with Crippen molar-refractivity contribution in [2.75, 3.05) is 20.8 Å². The second-order valence-corrected chi connectivity index (χ2v) is 6.86. The molecule has 7 heteroatoms. The summed E-state index contributed by atoms with van der Waals surface area (Å²) >= 11 is 1.60. The fraction of sp³-hybridized carbons (Fsp3) is 0.333. The largest absolute Gasteiger partial charge is 0.493 e. The van der Waals surface area contributed by atoms with Crippen LogP contribution >= 0.6 is 11.3 Å². The lowest BCUT2D eigenvalue weighted by Gasteiger charge is -2.28. The molecule has 0 N–H and O–H groups in total. The first kappa shape index (κ1) is 16.1. The average molecular weight is 357 g/mol. The van der Waals surface area contributed by atoms with Gasteiger partial charge in [-0.3, -0.25) is 4.90 Å². The number of fused-ring (bicyclic) bond motifs is 1. The van der Waals surface area contributed by atoms with Crippen molar-refractivity contribution in [1.82, 2.24) is 15.1 Å². The van der Waals surface area contributed by atoms with Crippen molar-refractivity contribution < 1.29 is 13.9 Å².